The number of halogens is 1. The Labute approximate surface area is 163 Å². The number of hydrogen-bond donors (Lipinski definition) is 2. The molecule has 0 aliphatic heterocycles. The minimum atomic E-state index is -1.33. The predicted molar refractivity (Wildman–Crippen MR) is 107 cm³/mol. The van der Waals surface area contributed by atoms with Crippen LogP contribution < -0.4 is 20.1 Å². The third-order valence-electron chi connectivity index (χ3n) is 4.23. The number of ether oxygens (including phenoxy) is 2. The Morgan fingerprint density at radius 3 is 2.11 bits per heavy atom. The monoisotopic (exact) mass is 390 g/mol. The van der Waals surface area contributed by atoms with Crippen molar-refractivity contribution < 1.29 is 19.1 Å². The van der Waals surface area contributed by atoms with E-state index < -0.39 is 17.2 Å². The van der Waals surface area contributed by atoms with Crippen molar-refractivity contribution in [2.75, 3.05) is 24.9 Å². The number of aryl methyl sites for hydroxylation is 1. The van der Waals surface area contributed by atoms with Gasteiger partial charge in [0.05, 0.1) is 19.9 Å². The van der Waals surface area contributed by atoms with Crippen molar-refractivity contribution in [2.45, 2.75) is 20.8 Å². The second-order valence-electron chi connectivity index (χ2n) is 6.56. The van der Waals surface area contributed by atoms with Gasteiger partial charge in [0.1, 0.15) is 16.9 Å². The quantitative estimate of drug-likeness (QED) is 0.722. The van der Waals surface area contributed by atoms with Gasteiger partial charge in [0.25, 0.3) is 0 Å². The molecule has 2 aromatic carbocycles. The highest BCUT2D eigenvalue weighted by Crippen LogP contribution is 2.31. The number of nitrogens with one attached hydrogen (secondary N) is 2. The zero-order valence-electron chi connectivity index (χ0n) is 16.0. The summed E-state index contributed by atoms with van der Waals surface area (Å²) in [5.74, 6) is 0.115. The molecule has 0 spiro atoms. The van der Waals surface area contributed by atoms with E-state index >= 15 is 0 Å². The van der Waals surface area contributed by atoms with E-state index in [2.05, 4.69) is 10.6 Å². The summed E-state index contributed by atoms with van der Waals surface area (Å²) < 4.78 is 10.4. The molecule has 0 fully saturated rings. The molecule has 2 amide bonds. The van der Waals surface area contributed by atoms with Crippen LogP contribution in [0.4, 0.5) is 11.4 Å². The predicted octanol–water partition coefficient (Wildman–Crippen LogP) is 4.27. The molecule has 0 aliphatic carbocycles. The average molecular weight is 391 g/mol. The lowest BCUT2D eigenvalue weighted by Gasteiger charge is -2.24. The van der Waals surface area contributed by atoms with E-state index in [-0.39, 0.29) is 0 Å². The van der Waals surface area contributed by atoms with Crippen LogP contribution in [0.1, 0.15) is 19.4 Å². The van der Waals surface area contributed by atoms with E-state index in [1.165, 1.54) is 14.2 Å². The van der Waals surface area contributed by atoms with E-state index in [1.807, 2.05) is 6.92 Å². The molecule has 0 saturated carbocycles. The summed E-state index contributed by atoms with van der Waals surface area (Å²) in [4.78, 5) is 25.5. The Morgan fingerprint density at radius 1 is 0.926 bits per heavy atom. The second-order valence-corrected chi connectivity index (χ2v) is 7.00. The molecule has 2 aromatic rings. The number of benzene rings is 2. The van der Waals surface area contributed by atoms with Crippen molar-refractivity contribution in [3.05, 3.63) is 47.0 Å². The molecule has 27 heavy (non-hydrogen) atoms. The first-order valence-corrected chi connectivity index (χ1v) is 8.68. The minimum Gasteiger partial charge on any atom is -0.497 e. The summed E-state index contributed by atoms with van der Waals surface area (Å²) >= 11 is 5.94. The van der Waals surface area contributed by atoms with Crippen LogP contribution in [0.15, 0.2) is 36.4 Å². The molecule has 0 aromatic heterocycles. The first-order chi connectivity index (χ1) is 12.7. The maximum Gasteiger partial charge on any atom is 0.239 e. The molecule has 6 nitrogen and oxygen atoms in total. The highest BCUT2D eigenvalue weighted by Gasteiger charge is 2.36. The first-order valence-electron chi connectivity index (χ1n) is 8.30. The molecular formula is C20H23ClN2O4. The van der Waals surface area contributed by atoms with Gasteiger partial charge in [-0.1, -0.05) is 11.6 Å². The van der Waals surface area contributed by atoms with E-state index in [9.17, 15) is 9.59 Å². The van der Waals surface area contributed by atoms with Crippen LogP contribution in [-0.4, -0.2) is 26.0 Å². The van der Waals surface area contributed by atoms with Gasteiger partial charge >= 0.3 is 0 Å². The lowest BCUT2D eigenvalue weighted by atomic mass is 9.90. The molecule has 0 atom stereocenters. The van der Waals surface area contributed by atoms with Gasteiger partial charge in [-0.3, -0.25) is 9.59 Å². The molecule has 7 heteroatoms. The SMILES string of the molecule is COc1ccc(OC)c(NC(=O)C(C)(C)C(=O)Nc2ccc(Cl)cc2C)c1. The standard InChI is InChI=1S/C20H23ClN2O4/c1-12-10-13(21)6-8-15(12)22-18(24)20(2,3)19(25)23-16-11-14(26-4)7-9-17(16)27-5/h6-11H,1-5H3,(H,22,24)(H,23,25). The van der Waals surface area contributed by atoms with Crippen molar-refractivity contribution in [3.8, 4) is 11.5 Å². The van der Waals surface area contributed by atoms with Crippen molar-refractivity contribution in [3.63, 3.8) is 0 Å². The van der Waals surface area contributed by atoms with Crippen molar-refractivity contribution in [2.24, 2.45) is 5.41 Å². The van der Waals surface area contributed by atoms with Gasteiger partial charge in [0.2, 0.25) is 11.8 Å². The van der Waals surface area contributed by atoms with Crippen LogP contribution in [-0.2, 0) is 9.59 Å². The molecule has 144 valence electrons. The number of anilines is 2. The number of methoxy groups -OCH3 is 2. The Bertz CT molecular complexity index is 865. The number of carbonyl (C=O) groups is 2. The number of rotatable bonds is 6. The van der Waals surface area contributed by atoms with E-state index in [1.54, 1.807) is 50.2 Å². The largest absolute Gasteiger partial charge is 0.497 e. The van der Waals surface area contributed by atoms with E-state index in [4.69, 9.17) is 21.1 Å². The topological polar surface area (TPSA) is 76.7 Å². The van der Waals surface area contributed by atoms with E-state index in [0.29, 0.717) is 27.9 Å². The first kappa shape index (κ1) is 20.6. The summed E-state index contributed by atoms with van der Waals surface area (Å²) in [6, 6.07) is 10.2. The van der Waals surface area contributed by atoms with Gasteiger partial charge < -0.3 is 20.1 Å². The highest BCUT2D eigenvalue weighted by molar-refractivity contribution is 6.30. The van der Waals surface area contributed by atoms with Gasteiger partial charge in [0.15, 0.2) is 0 Å². The van der Waals surface area contributed by atoms with Crippen molar-refractivity contribution in [1.29, 1.82) is 0 Å². The summed E-state index contributed by atoms with van der Waals surface area (Å²) in [7, 11) is 3.03. The van der Waals surface area contributed by atoms with Gasteiger partial charge in [-0.2, -0.15) is 0 Å². The smallest absolute Gasteiger partial charge is 0.239 e. The fourth-order valence-corrected chi connectivity index (χ4v) is 2.57. The molecule has 0 heterocycles. The zero-order valence-corrected chi connectivity index (χ0v) is 16.7. The average Bonchev–Trinajstić information content (AvgIpc) is 2.63. The molecule has 0 aliphatic rings. The van der Waals surface area contributed by atoms with Crippen molar-refractivity contribution >= 4 is 34.8 Å². The lowest BCUT2D eigenvalue weighted by molar-refractivity contribution is -0.135. The molecule has 2 rings (SSSR count). The fourth-order valence-electron chi connectivity index (χ4n) is 2.34. The van der Waals surface area contributed by atoms with Crippen LogP contribution in [0.3, 0.4) is 0 Å². The van der Waals surface area contributed by atoms with Crippen LogP contribution in [0, 0.1) is 12.3 Å². The Balaban J connectivity index is 2.20. The maximum atomic E-state index is 12.8. The highest BCUT2D eigenvalue weighted by atomic mass is 35.5. The maximum absolute atomic E-state index is 12.8. The minimum absolute atomic E-state index is 0.422. The van der Waals surface area contributed by atoms with E-state index in [0.717, 1.165) is 5.56 Å². The Morgan fingerprint density at radius 2 is 1.56 bits per heavy atom. The number of hydrogen-bond acceptors (Lipinski definition) is 4. The normalized spacial score (nSPS) is 10.9. The van der Waals surface area contributed by atoms with Crippen LogP contribution in [0.25, 0.3) is 0 Å². The van der Waals surface area contributed by atoms with Crippen LogP contribution >= 0.6 is 11.6 Å². The molecule has 0 radical (unpaired) electrons. The molecular weight excluding hydrogens is 368 g/mol. The summed E-state index contributed by atoms with van der Waals surface area (Å²) in [6.45, 7) is 4.93. The number of amides is 2. The van der Waals surface area contributed by atoms with Crippen LogP contribution in [0.2, 0.25) is 5.02 Å². The lowest BCUT2D eigenvalue weighted by Crippen LogP contribution is -2.41. The third-order valence-corrected chi connectivity index (χ3v) is 4.46. The molecule has 2 N–H and O–H groups in total. The van der Waals surface area contributed by atoms with Crippen LogP contribution in [0.5, 0.6) is 11.5 Å². The number of carbonyl (C=O) groups excluding carboxylic acids is 2. The van der Waals surface area contributed by atoms with Gasteiger partial charge in [-0.15, -0.1) is 0 Å². The molecule has 0 bridgehead atoms. The molecule has 0 unspecified atom stereocenters. The fraction of sp³-hybridized carbons (Fsp3) is 0.300. The van der Waals surface area contributed by atoms with Gasteiger partial charge in [-0.05, 0) is 56.7 Å². The van der Waals surface area contributed by atoms with Gasteiger partial charge in [-0.25, -0.2) is 0 Å². The zero-order chi connectivity index (χ0) is 20.2. The summed E-state index contributed by atoms with van der Waals surface area (Å²) in [5.41, 5.74) is 0.497. The summed E-state index contributed by atoms with van der Waals surface area (Å²) in [5, 5.41) is 6.10. The second kappa shape index (κ2) is 8.31. The Hall–Kier alpha value is -2.73. The van der Waals surface area contributed by atoms with Gasteiger partial charge in [0, 0.05) is 16.8 Å². The summed E-state index contributed by atoms with van der Waals surface area (Å²) in [6.07, 6.45) is 0. The Kier molecular flexibility index (Phi) is 6.33. The van der Waals surface area contributed by atoms with Crippen molar-refractivity contribution in [1.82, 2.24) is 0 Å². The molecule has 0 saturated heterocycles. The third kappa shape index (κ3) is 4.71.